The van der Waals surface area contributed by atoms with Crippen molar-refractivity contribution in [2.45, 2.75) is 20.3 Å². The van der Waals surface area contributed by atoms with Gasteiger partial charge in [-0.1, -0.05) is 0 Å². The topological polar surface area (TPSA) is 67.8 Å². The maximum absolute atomic E-state index is 12.6. The average Bonchev–Trinajstić information content (AvgIpc) is 3.03. The molecule has 3 aromatic rings. The van der Waals surface area contributed by atoms with E-state index in [0.717, 1.165) is 28.0 Å². The van der Waals surface area contributed by atoms with Crippen molar-refractivity contribution in [2.24, 2.45) is 0 Å². The first-order valence-corrected chi connectivity index (χ1v) is 8.26. The molecule has 1 N–H and O–H groups in total. The van der Waals surface area contributed by atoms with Crippen LogP contribution in [0.1, 0.15) is 33.9 Å². The van der Waals surface area contributed by atoms with Crippen molar-refractivity contribution >= 4 is 22.4 Å². The minimum Gasteiger partial charge on any atom is -0.296 e. The predicted octanol–water partition coefficient (Wildman–Crippen LogP) is 4.41. The highest BCUT2D eigenvalue weighted by Crippen LogP contribution is 2.26. The summed E-state index contributed by atoms with van der Waals surface area (Å²) >= 11 is 0.947. The van der Waals surface area contributed by atoms with Gasteiger partial charge in [-0.2, -0.15) is 0 Å². The number of nitrogens with zero attached hydrogens (tertiary/aromatic N) is 3. The second kappa shape index (κ2) is 7.02. The van der Waals surface area contributed by atoms with E-state index >= 15 is 0 Å². The fourth-order valence-corrected chi connectivity index (χ4v) is 3.01. The van der Waals surface area contributed by atoms with E-state index in [4.69, 9.17) is 0 Å². The molecule has 0 radical (unpaired) electrons. The van der Waals surface area contributed by atoms with E-state index in [1.54, 1.807) is 25.4 Å². The number of nitrogens with one attached hydrogen (secondary N) is 1. The van der Waals surface area contributed by atoms with E-state index < -0.39 is 12.3 Å². The summed E-state index contributed by atoms with van der Waals surface area (Å²) in [6.07, 6.45) is 0.754. The Morgan fingerprint density at radius 2 is 2.04 bits per heavy atom. The zero-order chi connectivity index (χ0) is 18.0. The van der Waals surface area contributed by atoms with Gasteiger partial charge in [0.1, 0.15) is 11.4 Å². The standard InChI is InChI=1S/C17H14F2N4OS/c1-9-3-4-20-7-12(9)11-5-10(2)21-13(6-11)16(24)23-17-22-14(8-25-17)15(18)19/h3-8,15H,1-2H3,(H,22,23,24). The molecule has 0 spiro atoms. The van der Waals surface area contributed by atoms with Crippen molar-refractivity contribution in [3.8, 4) is 11.1 Å². The van der Waals surface area contributed by atoms with Crippen LogP contribution < -0.4 is 5.32 Å². The molecule has 3 rings (SSSR count). The van der Waals surface area contributed by atoms with Gasteiger partial charge in [0.2, 0.25) is 0 Å². The van der Waals surface area contributed by atoms with Crippen LogP contribution in [0.15, 0.2) is 36.0 Å². The molecule has 128 valence electrons. The lowest BCUT2D eigenvalue weighted by Gasteiger charge is -2.09. The minimum atomic E-state index is -2.67. The summed E-state index contributed by atoms with van der Waals surface area (Å²) in [5.74, 6) is -0.498. The molecule has 5 nitrogen and oxygen atoms in total. The lowest BCUT2D eigenvalue weighted by atomic mass is 10.0. The molecule has 0 aliphatic carbocycles. The molecule has 3 aromatic heterocycles. The molecular formula is C17H14F2N4OS. The Morgan fingerprint density at radius 1 is 1.24 bits per heavy atom. The van der Waals surface area contributed by atoms with E-state index in [0.29, 0.717) is 5.69 Å². The highest BCUT2D eigenvalue weighted by molar-refractivity contribution is 7.14. The molecular weight excluding hydrogens is 346 g/mol. The van der Waals surface area contributed by atoms with Gasteiger partial charge in [-0.25, -0.2) is 18.7 Å². The minimum absolute atomic E-state index is 0.114. The van der Waals surface area contributed by atoms with Crippen molar-refractivity contribution in [2.75, 3.05) is 5.32 Å². The number of aryl methyl sites for hydroxylation is 2. The number of hydrogen-bond acceptors (Lipinski definition) is 5. The summed E-state index contributed by atoms with van der Waals surface area (Å²) in [6, 6.07) is 5.39. The lowest BCUT2D eigenvalue weighted by molar-refractivity contribution is 0.102. The number of rotatable bonds is 4. The van der Waals surface area contributed by atoms with Crippen LogP contribution >= 0.6 is 11.3 Å². The Kier molecular flexibility index (Phi) is 4.80. The molecule has 0 saturated carbocycles. The average molecular weight is 360 g/mol. The number of alkyl halides is 2. The number of aromatic nitrogens is 3. The molecule has 25 heavy (non-hydrogen) atoms. The van der Waals surface area contributed by atoms with Gasteiger partial charge in [-0.05, 0) is 43.2 Å². The zero-order valence-corrected chi connectivity index (χ0v) is 14.3. The van der Waals surface area contributed by atoms with E-state index in [9.17, 15) is 13.6 Å². The fraction of sp³-hybridized carbons (Fsp3) is 0.176. The summed E-state index contributed by atoms with van der Waals surface area (Å²) < 4.78 is 25.2. The summed E-state index contributed by atoms with van der Waals surface area (Å²) in [4.78, 5) is 24.4. The highest BCUT2D eigenvalue weighted by Gasteiger charge is 2.16. The third-order valence-electron chi connectivity index (χ3n) is 3.50. The van der Waals surface area contributed by atoms with Crippen molar-refractivity contribution in [1.29, 1.82) is 0 Å². The molecule has 0 unspecified atom stereocenters. The first-order valence-electron chi connectivity index (χ1n) is 7.38. The number of thiazole rings is 1. The molecule has 8 heteroatoms. The molecule has 0 aliphatic rings. The van der Waals surface area contributed by atoms with Crippen LogP contribution in [0.3, 0.4) is 0 Å². The van der Waals surface area contributed by atoms with Crippen molar-refractivity contribution < 1.29 is 13.6 Å². The summed E-state index contributed by atoms with van der Waals surface area (Å²) in [5.41, 5.74) is 3.23. The summed E-state index contributed by atoms with van der Waals surface area (Å²) in [6.45, 7) is 3.73. The smallest absolute Gasteiger partial charge is 0.281 e. The quantitative estimate of drug-likeness (QED) is 0.748. The van der Waals surface area contributed by atoms with Crippen molar-refractivity contribution in [3.05, 3.63) is 58.6 Å². The van der Waals surface area contributed by atoms with Gasteiger partial charge in [-0.3, -0.25) is 15.1 Å². The second-order valence-corrected chi connectivity index (χ2v) is 6.26. The van der Waals surface area contributed by atoms with Gasteiger partial charge in [0.15, 0.2) is 5.13 Å². The van der Waals surface area contributed by atoms with Gasteiger partial charge in [0.05, 0.1) is 0 Å². The van der Waals surface area contributed by atoms with Crippen molar-refractivity contribution in [3.63, 3.8) is 0 Å². The van der Waals surface area contributed by atoms with E-state index in [2.05, 4.69) is 20.3 Å². The largest absolute Gasteiger partial charge is 0.296 e. The van der Waals surface area contributed by atoms with E-state index in [1.165, 1.54) is 5.38 Å². The molecule has 0 aromatic carbocycles. The molecule has 0 bridgehead atoms. The van der Waals surface area contributed by atoms with Crippen LogP contribution in [0.2, 0.25) is 0 Å². The summed E-state index contributed by atoms with van der Waals surface area (Å²) in [5, 5.41) is 3.84. The van der Waals surface area contributed by atoms with Gasteiger partial charge in [0.25, 0.3) is 12.3 Å². The van der Waals surface area contributed by atoms with Crippen LogP contribution in [0.4, 0.5) is 13.9 Å². The Hall–Kier alpha value is -2.74. The van der Waals surface area contributed by atoms with E-state index in [-0.39, 0.29) is 16.5 Å². The number of amides is 1. The molecule has 1 amide bonds. The van der Waals surface area contributed by atoms with Gasteiger partial charge < -0.3 is 0 Å². The fourth-order valence-electron chi connectivity index (χ4n) is 2.31. The maximum Gasteiger partial charge on any atom is 0.281 e. The zero-order valence-electron chi connectivity index (χ0n) is 13.5. The highest BCUT2D eigenvalue weighted by atomic mass is 32.1. The van der Waals surface area contributed by atoms with Gasteiger partial charge in [0, 0.05) is 29.0 Å². The molecule has 3 heterocycles. The van der Waals surface area contributed by atoms with Crippen molar-refractivity contribution in [1.82, 2.24) is 15.0 Å². The van der Waals surface area contributed by atoms with Crippen LogP contribution in [-0.2, 0) is 0 Å². The number of halogens is 2. The van der Waals surface area contributed by atoms with Gasteiger partial charge in [-0.15, -0.1) is 11.3 Å². The second-order valence-electron chi connectivity index (χ2n) is 5.41. The maximum atomic E-state index is 12.6. The Labute approximate surface area is 146 Å². The van der Waals surface area contributed by atoms with E-state index in [1.807, 2.05) is 19.1 Å². The Balaban J connectivity index is 1.89. The van der Waals surface area contributed by atoms with Gasteiger partial charge >= 0.3 is 0 Å². The SMILES string of the molecule is Cc1cc(-c2cnccc2C)cc(C(=O)Nc2nc(C(F)F)cs2)n1. The molecule has 0 fully saturated rings. The number of carbonyl (C=O) groups is 1. The van der Waals surface area contributed by atoms with Crippen LogP contribution in [0, 0.1) is 13.8 Å². The third-order valence-corrected chi connectivity index (χ3v) is 4.28. The number of anilines is 1. The molecule has 0 atom stereocenters. The number of hydrogen-bond donors (Lipinski definition) is 1. The first-order chi connectivity index (χ1) is 11.9. The molecule has 0 saturated heterocycles. The summed E-state index contributed by atoms with van der Waals surface area (Å²) in [7, 11) is 0. The van der Waals surface area contributed by atoms with Crippen LogP contribution in [-0.4, -0.2) is 20.9 Å². The number of carbonyl (C=O) groups excluding carboxylic acids is 1. The van der Waals surface area contributed by atoms with Crippen LogP contribution in [0.5, 0.6) is 0 Å². The lowest BCUT2D eigenvalue weighted by Crippen LogP contribution is -2.14. The van der Waals surface area contributed by atoms with Crippen LogP contribution in [0.25, 0.3) is 11.1 Å². The Bertz CT molecular complexity index is 927. The third kappa shape index (κ3) is 3.85. The monoisotopic (exact) mass is 360 g/mol. The molecule has 0 aliphatic heterocycles. The Morgan fingerprint density at radius 3 is 2.72 bits per heavy atom. The predicted molar refractivity (Wildman–Crippen MR) is 92.0 cm³/mol. The normalized spacial score (nSPS) is 10.9. The first kappa shape index (κ1) is 17.1. The number of pyridine rings is 2.